The van der Waals surface area contributed by atoms with Gasteiger partial charge in [-0.05, 0) is 0 Å². The van der Waals surface area contributed by atoms with Crippen LogP contribution in [0.1, 0.15) is 161 Å². The molecule has 0 radical (unpaired) electrons. The summed E-state index contributed by atoms with van der Waals surface area (Å²) in [5.41, 5.74) is 1.43. The van der Waals surface area contributed by atoms with Gasteiger partial charge in [0.2, 0.25) is 0 Å². The predicted molar refractivity (Wildman–Crippen MR) is 226 cm³/mol. The molecule has 0 aromatic heterocycles. The molecule has 0 aliphatic rings. The molecule has 8 heteroatoms. The van der Waals surface area contributed by atoms with Crippen LogP contribution in [0.15, 0.2) is 10.2 Å². The minimum absolute atomic E-state index is 0.00997. The fourth-order valence-electron chi connectivity index (χ4n) is 8.81. The van der Waals surface area contributed by atoms with Gasteiger partial charge in [0.15, 0.2) is 0 Å². The van der Waals surface area contributed by atoms with Crippen LogP contribution < -0.4 is 0 Å². The van der Waals surface area contributed by atoms with Gasteiger partial charge in [0, 0.05) is 0 Å². The second-order valence-electron chi connectivity index (χ2n) is 16.6. The summed E-state index contributed by atoms with van der Waals surface area (Å²) in [6, 6.07) is 3.26. The van der Waals surface area contributed by atoms with Gasteiger partial charge in [0.05, 0.1) is 0 Å². The Bertz CT molecular complexity index is 868. The van der Waals surface area contributed by atoms with Gasteiger partial charge in [0.1, 0.15) is 0 Å². The van der Waals surface area contributed by atoms with E-state index in [-0.39, 0.29) is 30.0 Å². The van der Waals surface area contributed by atoms with E-state index in [0.717, 1.165) is 43.7 Å². The van der Waals surface area contributed by atoms with Gasteiger partial charge < -0.3 is 0 Å². The molecule has 0 heterocycles. The van der Waals surface area contributed by atoms with Crippen molar-refractivity contribution in [2.45, 2.75) is 221 Å². The Labute approximate surface area is 318 Å². The Morgan fingerprint density at radius 2 is 1.18 bits per heavy atom. The molecule has 4 atom stereocenters. The second-order valence-corrected chi connectivity index (χ2v) is 39.8. The molecule has 0 fully saturated rings. The van der Waals surface area contributed by atoms with E-state index in [0.29, 0.717) is 29.5 Å². The van der Waals surface area contributed by atoms with Gasteiger partial charge in [-0.2, -0.15) is 0 Å². The SMILES string of the molecule is CCC[CH2][Sn](/[CH]=C/[C@H](CC(=O)OC)C[C@H](O[Si](CC)(CC)CC)[C@@H](C)[C@@H](CCCC=O)O[Si](C(C)C)(C(C)C)C(C)C)([CH2]CCC)[CH2]CCC. The monoisotopic (exact) mass is 847 g/mol. The summed E-state index contributed by atoms with van der Waals surface area (Å²) in [5, 5.41) is 0. The summed E-state index contributed by atoms with van der Waals surface area (Å²) >= 11 is -2.60. The standard InChI is InChI=1S/C30H59O5Si2.3C4H9.Sn/c1-13-27(22-30(32)33-12)21-29(34-36(14-2,15-3)16-4)26(11)28(19-17-18-20-31)35-37(23(5)6,24(7)8)25(9)10;3*1-3-4-2;/h1,13,20,23-29H,14-19,21-22H2,2-12H3;3*1,3-4H2,2H3;/t26-,27-,28+,29-;;;;/m0..../s1. The molecule has 0 aromatic rings. The van der Waals surface area contributed by atoms with Gasteiger partial charge in [-0.15, -0.1) is 0 Å². The fraction of sp³-hybridized carbons (Fsp3) is 0.905. The van der Waals surface area contributed by atoms with Crippen LogP contribution in [-0.4, -0.2) is 66.6 Å². The van der Waals surface area contributed by atoms with Crippen LogP contribution >= 0.6 is 0 Å². The number of ether oxygens (including phenoxy) is 1. The number of hydrogen-bond acceptors (Lipinski definition) is 5. The maximum absolute atomic E-state index is 13.1. The number of aldehydes is 1. The Balaban J connectivity index is 7.28. The van der Waals surface area contributed by atoms with Crippen molar-refractivity contribution in [1.82, 2.24) is 0 Å². The number of methoxy groups -OCH3 is 1. The third kappa shape index (κ3) is 16.2. The van der Waals surface area contributed by atoms with E-state index in [1.807, 2.05) is 0 Å². The van der Waals surface area contributed by atoms with Crippen LogP contribution in [0, 0.1) is 11.8 Å². The summed E-state index contributed by atoms with van der Waals surface area (Å²) in [5.74, 6) is 0.0894. The molecule has 0 aromatic carbocycles. The van der Waals surface area contributed by atoms with E-state index in [4.69, 9.17) is 13.6 Å². The van der Waals surface area contributed by atoms with Gasteiger partial charge in [-0.3, -0.25) is 0 Å². The van der Waals surface area contributed by atoms with Crippen LogP contribution in [0.5, 0.6) is 0 Å². The Kier molecular flexibility index (Phi) is 26.8. The van der Waals surface area contributed by atoms with E-state index < -0.39 is 35.0 Å². The predicted octanol–water partition coefficient (Wildman–Crippen LogP) is 13.5. The number of carbonyl (C=O) groups excluding carboxylic acids is 2. The Morgan fingerprint density at radius 1 is 0.700 bits per heavy atom. The molecule has 0 aliphatic heterocycles. The zero-order valence-corrected chi connectivity index (χ0v) is 40.7. The van der Waals surface area contributed by atoms with Crippen molar-refractivity contribution in [1.29, 1.82) is 0 Å². The quantitative estimate of drug-likeness (QED) is 0.0301. The minimum atomic E-state index is -2.60. The van der Waals surface area contributed by atoms with Crippen LogP contribution in [0.25, 0.3) is 0 Å². The van der Waals surface area contributed by atoms with Crippen molar-refractivity contribution < 1.29 is 23.2 Å². The number of carbonyl (C=O) groups is 2. The normalized spacial score (nSPS) is 15.6. The first-order chi connectivity index (χ1) is 23.7. The average molecular weight is 846 g/mol. The van der Waals surface area contributed by atoms with Crippen LogP contribution in [0.4, 0.5) is 0 Å². The zero-order chi connectivity index (χ0) is 38.4. The third-order valence-corrected chi connectivity index (χ3v) is 37.3. The molecule has 0 saturated carbocycles. The summed E-state index contributed by atoms with van der Waals surface area (Å²) in [7, 11) is -2.68. The van der Waals surface area contributed by atoms with E-state index in [2.05, 4.69) is 100 Å². The summed E-state index contributed by atoms with van der Waals surface area (Å²) in [6.07, 6.45) is 14.7. The first kappa shape index (κ1) is 50.0. The molecular weight excluding hydrogens is 759 g/mol. The fourth-order valence-corrected chi connectivity index (χ4v) is 32.0. The average Bonchev–Trinajstić information content (AvgIpc) is 3.09. The van der Waals surface area contributed by atoms with E-state index in [9.17, 15) is 9.59 Å². The molecule has 0 bridgehead atoms. The summed E-state index contributed by atoms with van der Waals surface area (Å²) < 4.78 is 27.5. The molecular formula is C42H86O5Si2Sn. The number of hydrogen-bond donors (Lipinski definition) is 0. The number of rotatable bonds is 31. The van der Waals surface area contributed by atoms with E-state index in [1.165, 1.54) is 58.9 Å². The molecule has 0 saturated heterocycles. The van der Waals surface area contributed by atoms with Crippen molar-refractivity contribution in [2.24, 2.45) is 11.8 Å². The van der Waals surface area contributed by atoms with Gasteiger partial charge in [-0.25, -0.2) is 0 Å². The molecule has 296 valence electrons. The molecule has 0 unspecified atom stereocenters. The molecule has 50 heavy (non-hydrogen) atoms. The third-order valence-electron chi connectivity index (χ3n) is 12.4. The first-order valence-corrected chi connectivity index (χ1v) is 33.6. The second kappa shape index (κ2) is 26.7. The van der Waals surface area contributed by atoms with Crippen molar-refractivity contribution in [2.75, 3.05) is 7.11 Å². The molecule has 0 amide bonds. The van der Waals surface area contributed by atoms with E-state index in [1.54, 1.807) is 0 Å². The molecule has 0 rings (SSSR count). The number of esters is 1. The van der Waals surface area contributed by atoms with Crippen molar-refractivity contribution in [3.63, 3.8) is 0 Å². The van der Waals surface area contributed by atoms with Crippen molar-refractivity contribution in [3.05, 3.63) is 10.2 Å². The molecule has 5 nitrogen and oxygen atoms in total. The Hall–Kier alpha value is 0.0325. The van der Waals surface area contributed by atoms with Crippen LogP contribution in [0.2, 0.25) is 48.1 Å². The van der Waals surface area contributed by atoms with Crippen molar-refractivity contribution >= 4 is 47.3 Å². The first-order valence-electron chi connectivity index (χ1n) is 21.2. The van der Waals surface area contributed by atoms with Crippen LogP contribution in [0.3, 0.4) is 0 Å². The maximum atomic E-state index is 13.1. The van der Waals surface area contributed by atoms with E-state index >= 15 is 0 Å². The molecule has 0 N–H and O–H groups in total. The number of unbranched alkanes of at least 4 members (excludes halogenated alkanes) is 4. The van der Waals surface area contributed by atoms with Gasteiger partial charge in [-0.1, -0.05) is 0 Å². The van der Waals surface area contributed by atoms with Crippen molar-refractivity contribution in [3.8, 4) is 0 Å². The zero-order valence-electron chi connectivity index (χ0n) is 35.8. The van der Waals surface area contributed by atoms with Gasteiger partial charge in [0.25, 0.3) is 0 Å². The molecule has 0 aliphatic carbocycles. The summed E-state index contributed by atoms with van der Waals surface area (Å²) in [4.78, 5) is 24.6. The van der Waals surface area contributed by atoms with Gasteiger partial charge >= 0.3 is 320 Å². The summed E-state index contributed by atoms with van der Waals surface area (Å²) in [6.45, 7) is 30.5. The molecule has 0 spiro atoms. The topological polar surface area (TPSA) is 61.8 Å². The number of allylic oxidation sites excluding steroid dienone is 1. The van der Waals surface area contributed by atoms with Crippen LogP contribution in [-0.2, 0) is 23.2 Å². The Morgan fingerprint density at radius 3 is 1.56 bits per heavy atom.